The minimum atomic E-state index is -0.239. The third-order valence-electron chi connectivity index (χ3n) is 4.51. The number of amides is 1. The van der Waals surface area contributed by atoms with E-state index in [4.69, 9.17) is 4.74 Å². The number of nitrogens with zero attached hydrogens (tertiary/aromatic N) is 4. The summed E-state index contributed by atoms with van der Waals surface area (Å²) in [7, 11) is 0. The van der Waals surface area contributed by atoms with Crippen LogP contribution in [0.15, 0.2) is 30.3 Å². The molecule has 1 aliphatic rings. The van der Waals surface area contributed by atoms with Gasteiger partial charge in [-0.15, -0.1) is 0 Å². The van der Waals surface area contributed by atoms with Crippen LogP contribution in [0.5, 0.6) is 0 Å². The number of hydrogen-bond donors (Lipinski definition) is 1. The highest BCUT2D eigenvalue weighted by molar-refractivity contribution is 5.68. The molecule has 2 aromatic rings. The van der Waals surface area contributed by atoms with Gasteiger partial charge >= 0.3 is 6.09 Å². The average Bonchev–Trinajstić information content (AvgIpc) is 2.66. The predicted molar refractivity (Wildman–Crippen MR) is 106 cm³/mol. The van der Waals surface area contributed by atoms with Crippen molar-refractivity contribution < 1.29 is 9.53 Å². The Balaban J connectivity index is 1.63. The van der Waals surface area contributed by atoms with Crippen molar-refractivity contribution in [2.24, 2.45) is 0 Å². The Morgan fingerprint density at radius 3 is 2.63 bits per heavy atom. The summed E-state index contributed by atoms with van der Waals surface area (Å²) in [5.74, 6) is 2.43. The van der Waals surface area contributed by atoms with Crippen LogP contribution in [0.2, 0.25) is 0 Å². The molecule has 1 fully saturated rings. The molecule has 0 bridgehead atoms. The van der Waals surface area contributed by atoms with Crippen LogP contribution in [0.4, 0.5) is 16.4 Å². The molecule has 1 N–H and O–H groups in total. The van der Waals surface area contributed by atoms with Gasteiger partial charge in [0.15, 0.2) is 0 Å². The average molecular weight is 369 g/mol. The molecule has 1 amide bonds. The summed E-state index contributed by atoms with van der Waals surface area (Å²) in [4.78, 5) is 24.8. The Hall–Kier alpha value is -2.83. The van der Waals surface area contributed by atoms with E-state index in [9.17, 15) is 4.79 Å². The van der Waals surface area contributed by atoms with E-state index in [-0.39, 0.29) is 6.09 Å². The SMILES string of the molecule is CCOC(=O)N1CCN(c2cc(NCc3cccc(C)c3)nc(C)n2)CC1. The Labute approximate surface area is 160 Å². The van der Waals surface area contributed by atoms with Crippen molar-refractivity contribution in [1.82, 2.24) is 14.9 Å². The Morgan fingerprint density at radius 2 is 1.93 bits per heavy atom. The van der Waals surface area contributed by atoms with Crippen LogP contribution < -0.4 is 10.2 Å². The molecule has 0 spiro atoms. The van der Waals surface area contributed by atoms with Gasteiger partial charge in [0.05, 0.1) is 6.61 Å². The van der Waals surface area contributed by atoms with E-state index in [1.807, 2.05) is 19.9 Å². The monoisotopic (exact) mass is 369 g/mol. The van der Waals surface area contributed by atoms with E-state index in [0.29, 0.717) is 26.2 Å². The number of carbonyl (C=O) groups is 1. The molecule has 3 rings (SSSR count). The number of ether oxygens (including phenoxy) is 1. The molecule has 1 aromatic carbocycles. The highest BCUT2D eigenvalue weighted by Crippen LogP contribution is 2.19. The van der Waals surface area contributed by atoms with Gasteiger partial charge in [-0.1, -0.05) is 29.8 Å². The molecule has 0 radical (unpaired) electrons. The van der Waals surface area contributed by atoms with Crippen LogP contribution in [0.25, 0.3) is 0 Å². The first-order valence-corrected chi connectivity index (χ1v) is 9.37. The van der Waals surface area contributed by atoms with Crippen LogP contribution >= 0.6 is 0 Å². The second kappa shape index (κ2) is 8.70. The summed E-state index contributed by atoms with van der Waals surface area (Å²) in [6.07, 6.45) is -0.239. The molecule has 7 nitrogen and oxygen atoms in total. The topological polar surface area (TPSA) is 70.6 Å². The number of rotatable bonds is 5. The molecule has 0 atom stereocenters. The summed E-state index contributed by atoms with van der Waals surface area (Å²) >= 11 is 0. The van der Waals surface area contributed by atoms with E-state index >= 15 is 0 Å². The van der Waals surface area contributed by atoms with Crippen LogP contribution in [0.1, 0.15) is 23.9 Å². The number of carbonyl (C=O) groups excluding carboxylic acids is 1. The lowest BCUT2D eigenvalue weighted by molar-refractivity contribution is 0.105. The molecule has 1 saturated heterocycles. The van der Waals surface area contributed by atoms with Crippen molar-refractivity contribution in [3.8, 4) is 0 Å². The van der Waals surface area contributed by atoms with Gasteiger partial charge in [-0.25, -0.2) is 14.8 Å². The zero-order chi connectivity index (χ0) is 19.2. The second-order valence-electron chi connectivity index (χ2n) is 6.67. The first-order chi connectivity index (χ1) is 13.0. The number of benzene rings is 1. The van der Waals surface area contributed by atoms with Crippen LogP contribution in [-0.4, -0.2) is 53.7 Å². The van der Waals surface area contributed by atoms with Gasteiger partial charge in [0.1, 0.15) is 17.5 Å². The summed E-state index contributed by atoms with van der Waals surface area (Å²) < 4.78 is 5.08. The molecule has 27 heavy (non-hydrogen) atoms. The highest BCUT2D eigenvalue weighted by Gasteiger charge is 2.23. The van der Waals surface area contributed by atoms with Crippen LogP contribution in [0, 0.1) is 13.8 Å². The van der Waals surface area contributed by atoms with Crippen LogP contribution in [-0.2, 0) is 11.3 Å². The summed E-state index contributed by atoms with van der Waals surface area (Å²) in [5, 5.41) is 3.39. The van der Waals surface area contributed by atoms with Crippen molar-refractivity contribution in [3.05, 3.63) is 47.3 Å². The fraction of sp³-hybridized carbons (Fsp3) is 0.450. The maximum atomic E-state index is 11.8. The summed E-state index contributed by atoms with van der Waals surface area (Å²) in [5.41, 5.74) is 2.46. The predicted octanol–water partition coefficient (Wildman–Crippen LogP) is 2.98. The Bertz CT molecular complexity index is 788. The molecule has 1 aliphatic heterocycles. The Morgan fingerprint density at radius 1 is 1.15 bits per heavy atom. The van der Waals surface area contributed by atoms with Gasteiger partial charge in [0.25, 0.3) is 0 Å². The maximum Gasteiger partial charge on any atom is 0.409 e. The van der Waals surface area contributed by atoms with Gasteiger partial charge in [-0.05, 0) is 26.3 Å². The summed E-state index contributed by atoms with van der Waals surface area (Å²) in [6.45, 7) is 9.65. The van der Waals surface area contributed by atoms with Crippen molar-refractivity contribution in [2.45, 2.75) is 27.3 Å². The standard InChI is InChI=1S/C20H27N5O2/c1-4-27-20(26)25-10-8-24(9-11-25)19-13-18(22-16(3)23-19)21-14-17-7-5-6-15(2)12-17/h5-7,12-13H,4,8-11,14H2,1-3H3,(H,21,22,23). The number of aromatic nitrogens is 2. The third kappa shape index (κ3) is 5.09. The van der Waals surface area contributed by atoms with E-state index in [1.165, 1.54) is 11.1 Å². The molecule has 0 unspecified atom stereocenters. The van der Waals surface area contributed by atoms with Crippen molar-refractivity contribution in [3.63, 3.8) is 0 Å². The smallest absolute Gasteiger partial charge is 0.409 e. The van der Waals surface area contributed by atoms with E-state index in [0.717, 1.165) is 30.5 Å². The van der Waals surface area contributed by atoms with Crippen molar-refractivity contribution in [1.29, 1.82) is 0 Å². The number of aryl methyl sites for hydroxylation is 2. The number of anilines is 2. The first-order valence-electron chi connectivity index (χ1n) is 9.37. The lowest BCUT2D eigenvalue weighted by Gasteiger charge is -2.34. The molecule has 144 valence electrons. The number of nitrogens with one attached hydrogen (secondary N) is 1. The lowest BCUT2D eigenvalue weighted by Crippen LogP contribution is -2.49. The number of hydrogen-bond acceptors (Lipinski definition) is 6. The van der Waals surface area contributed by atoms with Gasteiger partial charge in [-0.3, -0.25) is 0 Å². The van der Waals surface area contributed by atoms with Crippen molar-refractivity contribution in [2.75, 3.05) is 43.0 Å². The molecule has 7 heteroatoms. The number of piperazine rings is 1. The zero-order valence-electron chi connectivity index (χ0n) is 16.2. The lowest BCUT2D eigenvalue weighted by atomic mass is 10.1. The minimum absolute atomic E-state index is 0.239. The molecule has 1 aromatic heterocycles. The van der Waals surface area contributed by atoms with Gasteiger partial charge in [-0.2, -0.15) is 0 Å². The minimum Gasteiger partial charge on any atom is -0.450 e. The van der Waals surface area contributed by atoms with E-state index in [2.05, 4.69) is 51.4 Å². The van der Waals surface area contributed by atoms with Gasteiger partial charge in [0.2, 0.25) is 0 Å². The van der Waals surface area contributed by atoms with E-state index in [1.54, 1.807) is 4.90 Å². The molecule has 0 aliphatic carbocycles. The molecule has 0 saturated carbocycles. The molecule has 2 heterocycles. The first kappa shape index (κ1) is 18.9. The highest BCUT2D eigenvalue weighted by atomic mass is 16.6. The Kier molecular flexibility index (Phi) is 6.11. The molecular formula is C20H27N5O2. The van der Waals surface area contributed by atoms with Crippen molar-refractivity contribution >= 4 is 17.7 Å². The molecular weight excluding hydrogens is 342 g/mol. The summed E-state index contributed by atoms with van der Waals surface area (Å²) in [6, 6.07) is 10.4. The van der Waals surface area contributed by atoms with Crippen LogP contribution in [0.3, 0.4) is 0 Å². The second-order valence-corrected chi connectivity index (χ2v) is 6.67. The van der Waals surface area contributed by atoms with Gasteiger partial charge in [0, 0.05) is 38.8 Å². The maximum absolute atomic E-state index is 11.8. The fourth-order valence-electron chi connectivity index (χ4n) is 3.15. The largest absolute Gasteiger partial charge is 0.450 e. The van der Waals surface area contributed by atoms with Gasteiger partial charge < -0.3 is 19.9 Å². The normalized spacial score (nSPS) is 14.2. The quantitative estimate of drug-likeness (QED) is 0.874. The third-order valence-corrected chi connectivity index (χ3v) is 4.51. The fourth-order valence-corrected chi connectivity index (χ4v) is 3.15. The van der Waals surface area contributed by atoms with E-state index < -0.39 is 0 Å². The zero-order valence-corrected chi connectivity index (χ0v) is 16.2.